The second kappa shape index (κ2) is 5.39. The van der Waals surface area contributed by atoms with Crippen LogP contribution in [0.25, 0.3) is 0 Å². The molecule has 1 rings (SSSR count). The van der Waals surface area contributed by atoms with E-state index in [2.05, 4.69) is 0 Å². The van der Waals surface area contributed by atoms with E-state index in [-0.39, 0.29) is 17.8 Å². The van der Waals surface area contributed by atoms with Crippen molar-refractivity contribution in [1.82, 2.24) is 0 Å². The first kappa shape index (κ1) is 11.6. The molecule has 0 aliphatic heterocycles. The van der Waals surface area contributed by atoms with Crippen molar-refractivity contribution >= 4 is 5.97 Å². The molecule has 15 heavy (non-hydrogen) atoms. The number of benzene rings is 1. The second-order valence-electron chi connectivity index (χ2n) is 3.67. The number of phenolic OH excluding ortho intramolecular Hbond substituents is 1. The summed E-state index contributed by atoms with van der Waals surface area (Å²) in [6, 6.07) is 7.01. The van der Waals surface area contributed by atoms with Crippen molar-refractivity contribution in [2.45, 2.75) is 32.8 Å². The van der Waals surface area contributed by atoms with Crippen LogP contribution in [0.3, 0.4) is 0 Å². The molecular formula is C12H16O3. The van der Waals surface area contributed by atoms with Crippen molar-refractivity contribution in [3.8, 4) is 5.75 Å². The lowest BCUT2D eigenvalue weighted by Gasteiger charge is -2.08. The maximum absolute atomic E-state index is 11.2. The number of hydrogen-bond acceptors (Lipinski definition) is 3. The molecule has 0 atom stereocenters. The van der Waals surface area contributed by atoms with E-state index in [9.17, 15) is 9.90 Å². The zero-order chi connectivity index (χ0) is 11.3. The normalized spacial score (nSPS) is 10.3. The molecule has 3 heteroatoms. The number of aryl methyl sites for hydroxylation is 1. The Kier molecular flexibility index (Phi) is 4.16. The Labute approximate surface area is 89.7 Å². The lowest BCUT2D eigenvalue weighted by atomic mass is 10.1. The number of carbonyl (C=O) groups excluding carboxylic acids is 1. The van der Waals surface area contributed by atoms with E-state index in [1.165, 1.54) is 0 Å². The number of hydrogen-bond donors (Lipinski definition) is 1. The summed E-state index contributed by atoms with van der Waals surface area (Å²) in [5.74, 6) is 0.00287. The number of para-hydroxylation sites is 1. The summed E-state index contributed by atoms with van der Waals surface area (Å²) in [5.41, 5.74) is 0.776. The molecule has 0 aliphatic rings. The van der Waals surface area contributed by atoms with Gasteiger partial charge in [-0.15, -0.1) is 0 Å². The molecule has 0 fully saturated rings. The molecule has 0 aliphatic carbocycles. The fraction of sp³-hybridized carbons (Fsp3) is 0.417. The van der Waals surface area contributed by atoms with Gasteiger partial charge in [-0.1, -0.05) is 18.2 Å². The van der Waals surface area contributed by atoms with Crippen molar-refractivity contribution in [3.05, 3.63) is 29.8 Å². The van der Waals surface area contributed by atoms with Crippen molar-refractivity contribution in [3.63, 3.8) is 0 Å². The molecule has 0 saturated heterocycles. The topological polar surface area (TPSA) is 46.5 Å². The van der Waals surface area contributed by atoms with Crippen LogP contribution in [0.4, 0.5) is 0 Å². The minimum absolute atomic E-state index is 0.0816. The van der Waals surface area contributed by atoms with Crippen LogP contribution in [0, 0.1) is 0 Å². The molecule has 0 radical (unpaired) electrons. The average molecular weight is 208 g/mol. The highest BCUT2D eigenvalue weighted by Crippen LogP contribution is 2.17. The molecule has 0 aromatic heterocycles. The van der Waals surface area contributed by atoms with Crippen LogP contribution in [-0.4, -0.2) is 17.2 Å². The Hall–Kier alpha value is -1.51. The first-order chi connectivity index (χ1) is 7.09. The van der Waals surface area contributed by atoms with Crippen LogP contribution in [-0.2, 0) is 16.0 Å². The zero-order valence-corrected chi connectivity index (χ0v) is 9.06. The van der Waals surface area contributed by atoms with E-state index in [0.717, 1.165) is 5.56 Å². The van der Waals surface area contributed by atoms with Gasteiger partial charge in [-0.2, -0.15) is 0 Å². The number of rotatable bonds is 4. The quantitative estimate of drug-likeness (QED) is 0.772. The largest absolute Gasteiger partial charge is 0.508 e. The third kappa shape index (κ3) is 4.02. The molecule has 1 N–H and O–H groups in total. The predicted octanol–water partition coefficient (Wildman–Crippen LogP) is 2.28. The number of phenols is 1. The van der Waals surface area contributed by atoms with Crippen molar-refractivity contribution in [2.75, 3.05) is 0 Å². The van der Waals surface area contributed by atoms with Crippen molar-refractivity contribution < 1.29 is 14.6 Å². The third-order valence-corrected chi connectivity index (χ3v) is 1.96. The summed E-state index contributed by atoms with van der Waals surface area (Å²) < 4.78 is 4.99. The van der Waals surface area contributed by atoms with Gasteiger partial charge < -0.3 is 9.84 Å². The zero-order valence-electron chi connectivity index (χ0n) is 9.06. The molecule has 0 heterocycles. The Bertz CT molecular complexity index is 331. The molecule has 3 nitrogen and oxygen atoms in total. The van der Waals surface area contributed by atoms with E-state index in [0.29, 0.717) is 12.8 Å². The number of ether oxygens (including phenoxy) is 1. The highest BCUT2D eigenvalue weighted by atomic mass is 16.5. The Balaban J connectivity index is 2.44. The van der Waals surface area contributed by atoms with Gasteiger partial charge in [0.2, 0.25) is 0 Å². The van der Waals surface area contributed by atoms with Gasteiger partial charge in [-0.25, -0.2) is 0 Å². The molecule has 0 spiro atoms. The second-order valence-corrected chi connectivity index (χ2v) is 3.67. The molecule has 0 bridgehead atoms. The monoisotopic (exact) mass is 208 g/mol. The van der Waals surface area contributed by atoms with E-state index in [1.54, 1.807) is 18.2 Å². The van der Waals surface area contributed by atoms with Gasteiger partial charge in [0, 0.05) is 6.42 Å². The lowest BCUT2D eigenvalue weighted by molar-refractivity contribution is -0.147. The lowest BCUT2D eigenvalue weighted by Crippen LogP contribution is -2.11. The van der Waals surface area contributed by atoms with Gasteiger partial charge in [0.15, 0.2) is 0 Å². The molecule has 0 unspecified atom stereocenters. The Morgan fingerprint density at radius 3 is 2.67 bits per heavy atom. The maximum Gasteiger partial charge on any atom is 0.306 e. The van der Waals surface area contributed by atoms with Gasteiger partial charge in [0.25, 0.3) is 0 Å². The van der Waals surface area contributed by atoms with Crippen LogP contribution in [0.1, 0.15) is 25.8 Å². The van der Waals surface area contributed by atoms with Crippen LogP contribution < -0.4 is 0 Å². The maximum atomic E-state index is 11.2. The molecule has 1 aromatic carbocycles. The SMILES string of the molecule is CC(C)OC(=O)CCc1ccccc1O. The van der Waals surface area contributed by atoms with Gasteiger partial charge >= 0.3 is 5.97 Å². The minimum atomic E-state index is -0.228. The standard InChI is InChI=1S/C12H16O3/c1-9(2)15-12(14)8-7-10-5-3-4-6-11(10)13/h3-6,9,13H,7-8H2,1-2H3. The summed E-state index contributed by atoms with van der Waals surface area (Å²) in [6.07, 6.45) is 0.732. The fourth-order valence-electron chi connectivity index (χ4n) is 1.28. The first-order valence-electron chi connectivity index (χ1n) is 5.06. The van der Waals surface area contributed by atoms with Crippen molar-refractivity contribution in [1.29, 1.82) is 0 Å². The molecular weight excluding hydrogens is 192 g/mol. The Morgan fingerprint density at radius 1 is 1.40 bits per heavy atom. The fourth-order valence-corrected chi connectivity index (χ4v) is 1.28. The van der Waals surface area contributed by atoms with E-state index < -0.39 is 0 Å². The minimum Gasteiger partial charge on any atom is -0.508 e. The smallest absolute Gasteiger partial charge is 0.306 e. The summed E-state index contributed by atoms with van der Waals surface area (Å²) in [4.78, 5) is 11.2. The van der Waals surface area contributed by atoms with Crippen LogP contribution in [0.15, 0.2) is 24.3 Å². The van der Waals surface area contributed by atoms with Crippen molar-refractivity contribution in [2.24, 2.45) is 0 Å². The highest BCUT2D eigenvalue weighted by Gasteiger charge is 2.07. The van der Waals surface area contributed by atoms with Crippen LogP contribution in [0.2, 0.25) is 0 Å². The molecule has 0 saturated carbocycles. The molecule has 1 aromatic rings. The van der Waals surface area contributed by atoms with E-state index >= 15 is 0 Å². The van der Waals surface area contributed by atoms with Gasteiger partial charge in [0.05, 0.1) is 6.10 Å². The number of aromatic hydroxyl groups is 1. The summed E-state index contributed by atoms with van der Waals surface area (Å²) in [6.45, 7) is 3.63. The van der Waals surface area contributed by atoms with Crippen LogP contribution >= 0.6 is 0 Å². The Morgan fingerprint density at radius 2 is 2.07 bits per heavy atom. The van der Waals surface area contributed by atoms with E-state index in [4.69, 9.17) is 4.74 Å². The number of esters is 1. The third-order valence-electron chi connectivity index (χ3n) is 1.96. The van der Waals surface area contributed by atoms with E-state index in [1.807, 2.05) is 19.9 Å². The van der Waals surface area contributed by atoms with Gasteiger partial charge in [-0.05, 0) is 31.9 Å². The van der Waals surface area contributed by atoms with Crippen LogP contribution in [0.5, 0.6) is 5.75 Å². The van der Waals surface area contributed by atoms with Gasteiger partial charge in [0.1, 0.15) is 5.75 Å². The summed E-state index contributed by atoms with van der Waals surface area (Å²) >= 11 is 0. The highest BCUT2D eigenvalue weighted by molar-refractivity contribution is 5.70. The first-order valence-corrected chi connectivity index (χ1v) is 5.06. The van der Waals surface area contributed by atoms with Gasteiger partial charge in [-0.3, -0.25) is 4.79 Å². The summed E-state index contributed by atoms with van der Waals surface area (Å²) in [5, 5.41) is 9.45. The molecule has 0 amide bonds. The summed E-state index contributed by atoms with van der Waals surface area (Å²) in [7, 11) is 0. The molecule has 82 valence electrons. The number of carbonyl (C=O) groups is 1. The predicted molar refractivity (Wildman–Crippen MR) is 57.7 cm³/mol. The average Bonchev–Trinajstić information content (AvgIpc) is 2.15.